The molecule has 0 heterocycles. The second-order valence-corrected chi connectivity index (χ2v) is 2.20. The minimum atomic E-state index is -0.255. The summed E-state index contributed by atoms with van der Waals surface area (Å²) in [6.07, 6.45) is 0. The van der Waals surface area contributed by atoms with E-state index in [2.05, 4.69) is 0 Å². The lowest BCUT2D eigenvalue weighted by molar-refractivity contribution is 0.0524. The molecule has 8 heavy (non-hydrogen) atoms. The van der Waals surface area contributed by atoms with Crippen molar-refractivity contribution in [1.82, 2.24) is 0 Å². The van der Waals surface area contributed by atoms with Gasteiger partial charge in [-0.2, -0.15) is 0 Å². The van der Waals surface area contributed by atoms with Gasteiger partial charge in [-0.25, -0.2) is 0 Å². The Labute approximate surface area is 51.7 Å². The van der Waals surface area contributed by atoms with Crippen LogP contribution in [0.5, 0.6) is 0 Å². The number of hydrogen-bond donors (Lipinski definition) is 1. The van der Waals surface area contributed by atoms with Gasteiger partial charge in [0, 0.05) is 12.1 Å². The third-order valence-corrected chi connectivity index (χ3v) is 0.918. The van der Waals surface area contributed by atoms with Crippen LogP contribution >= 0.6 is 0 Å². The maximum absolute atomic E-state index is 5.24. The van der Waals surface area contributed by atoms with Crippen molar-refractivity contribution in [1.29, 1.82) is 0 Å². The summed E-state index contributed by atoms with van der Waals surface area (Å²) in [7, 11) is 1.55. The first-order valence-corrected chi connectivity index (χ1v) is 2.82. The van der Waals surface area contributed by atoms with Gasteiger partial charge >= 0.3 is 0 Å². The Morgan fingerprint density at radius 3 is 2.25 bits per heavy atom. The largest absolute Gasteiger partial charge is 0.383 e. The average molecular weight is 114 g/mol. The lowest BCUT2D eigenvalue weighted by atomic mass is 9.75. The Morgan fingerprint density at radius 1 is 1.62 bits per heavy atom. The summed E-state index contributed by atoms with van der Waals surface area (Å²) in [4.78, 5) is 0. The molecule has 1 radical (unpaired) electrons. The van der Waals surface area contributed by atoms with Gasteiger partial charge in [0.25, 0.3) is 0 Å². The third kappa shape index (κ3) is 3.05. The van der Waals surface area contributed by atoms with Crippen LogP contribution in [0.1, 0.15) is 20.8 Å². The highest BCUT2D eigenvalue weighted by Gasteiger charge is 2.15. The molecule has 0 saturated heterocycles. The van der Waals surface area contributed by atoms with Crippen LogP contribution in [0.3, 0.4) is 0 Å². The van der Waals surface area contributed by atoms with Crippen molar-refractivity contribution in [2.45, 2.75) is 26.3 Å². The summed E-state index contributed by atoms with van der Waals surface area (Å²) >= 11 is 0. The van der Waals surface area contributed by atoms with E-state index in [-0.39, 0.29) is 5.50 Å². The summed E-state index contributed by atoms with van der Waals surface area (Å²) in [5.74, 6) is 0. The van der Waals surface area contributed by atoms with E-state index in [9.17, 15) is 0 Å². The zero-order chi connectivity index (χ0) is 6.62. The average Bonchev–Trinajstić information content (AvgIpc) is 1.67. The molecule has 0 amide bonds. The van der Waals surface area contributed by atoms with Crippen LogP contribution in [0.15, 0.2) is 0 Å². The molecule has 0 aromatic heterocycles. The van der Waals surface area contributed by atoms with Crippen molar-refractivity contribution in [2.75, 3.05) is 6.61 Å². The minimum Gasteiger partial charge on any atom is -0.383 e. The molecule has 0 aliphatic rings. The minimum absolute atomic E-state index is 0.255. The summed E-state index contributed by atoms with van der Waals surface area (Å²) in [5, 5.41) is 0. The van der Waals surface area contributed by atoms with E-state index >= 15 is 0 Å². The van der Waals surface area contributed by atoms with Gasteiger partial charge in [0.1, 0.15) is 0 Å². The number of rotatable bonds is 3. The molecule has 2 nitrogen and oxygen atoms in total. The van der Waals surface area contributed by atoms with Gasteiger partial charge < -0.3 is 10.4 Å². The standard InChI is InChI=1S/C5H13BNO/c1-4-8-5(2,3)6-7/h4,7H2,1-3H3. The summed E-state index contributed by atoms with van der Waals surface area (Å²) in [6, 6.07) is 0. The topological polar surface area (TPSA) is 35.2 Å². The molecule has 0 aliphatic carbocycles. The lowest BCUT2D eigenvalue weighted by Crippen LogP contribution is -2.37. The second kappa shape index (κ2) is 3.10. The molecule has 47 valence electrons. The maximum Gasteiger partial charge on any atom is 0.242 e. The number of nitrogens with two attached hydrogens (primary N) is 1. The molecule has 0 rings (SSSR count). The quantitative estimate of drug-likeness (QED) is 0.536. The molecule has 0 atom stereocenters. The van der Waals surface area contributed by atoms with E-state index in [0.717, 1.165) is 0 Å². The molecule has 0 aromatic rings. The van der Waals surface area contributed by atoms with Gasteiger partial charge in [-0.1, -0.05) is 0 Å². The Balaban J connectivity index is 3.37. The molecule has 0 spiro atoms. The molecule has 0 aliphatic heterocycles. The maximum atomic E-state index is 5.24. The van der Waals surface area contributed by atoms with Crippen LogP contribution in [0.25, 0.3) is 0 Å². The number of hydrogen-bond acceptors (Lipinski definition) is 2. The fraction of sp³-hybridized carbons (Fsp3) is 1.00. The van der Waals surface area contributed by atoms with Crippen LogP contribution in [-0.4, -0.2) is 19.5 Å². The zero-order valence-corrected chi connectivity index (χ0v) is 5.77. The first kappa shape index (κ1) is 7.98. The van der Waals surface area contributed by atoms with E-state index in [1.807, 2.05) is 20.8 Å². The van der Waals surface area contributed by atoms with Crippen molar-refractivity contribution in [3.63, 3.8) is 0 Å². The molecular weight excluding hydrogens is 101 g/mol. The smallest absolute Gasteiger partial charge is 0.242 e. The third-order valence-electron chi connectivity index (χ3n) is 0.918. The van der Waals surface area contributed by atoms with Gasteiger partial charge in [-0.05, 0) is 20.8 Å². The van der Waals surface area contributed by atoms with E-state index in [1.54, 1.807) is 7.41 Å². The molecule has 0 fully saturated rings. The van der Waals surface area contributed by atoms with Crippen LogP contribution in [0, 0.1) is 0 Å². The Hall–Kier alpha value is -0.0151. The fourth-order valence-electron chi connectivity index (χ4n) is 0.420. The summed E-state index contributed by atoms with van der Waals surface area (Å²) in [5.41, 5.74) is 4.99. The first-order chi connectivity index (χ1) is 3.62. The summed E-state index contributed by atoms with van der Waals surface area (Å²) in [6.45, 7) is 6.51. The van der Waals surface area contributed by atoms with Crippen molar-refractivity contribution < 1.29 is 4.74 Å². The SMILES string of the molecule is CCOC(C)(C)[B]N. The lowest BCUT2D eigenvalue weighted by Gasteiger charge is -2.20. The van der Waals surface area contributed by atoms with E-state index in [0.29, 0.717) is 6.61 Å². The Morgan fingerprint density at radius 2 is 2.12 bits per heavy atom. The highest BCUT2D eigenvalue weighted by atomic mass is 16.5. The first-order valence-electron chi connectivity index (χ1n) is 2.82. The number of ether oxygens (including phenoxy) is 1. The van der Waals surface area contributed by atoms with Crippen molar-refractivity contribution in [3.8, 4) is 0 Å². The van der Waals surface area contributed by atoms with Crippen molar-refractivity contribution >= 4 is 7.41 Å². The van der Waals surface area contributed by atoms with Gasteiger partial charge in [0.15, 0.2) is 0 Å². The van der Waals surface area contributed by atoms with Gasteiger partial charge in [-0.15, -0.1) is 0 Å². The fourth-order valence-corrected chi connectivity index (χ4v) is 0.420. The van der Waals surface area contributed by atoms with Crippen LogP contribution in [-0.2, 0) is 4.74 Å². The van der Waals surface area contributed by atoms with Gasteiger partial charge in [0.2, 0.25) is 7.41 Å². The van der Waals surface area contributed by atoms with E-state index in [1.165, 1.54) is 0 Å². The molecule has 0 aromatic carbocycles. The second-order valence-electron chi connectivity index (χ2n) is 2.20. The Kier molecular flexibility index (Phi) is 3.09. The van der Waals surface area contributed by atoms with Gasteiger partial charge in [0.05, 0.1) is 0 Å². The van der Waals surface area contributed by atoms with Crippen molar-refractivity contribution in [3.05, 3.63) is 0 Å². The molecular formula is C5H13BNO. The molecule has 3 heteroatoms. The highest BCUT2D eigenvalue weighted by Crippen LogP contribution is 2.02. The predicted octanol–water partition coefficient (Wildman–Crippen LogP) is 0.337. The summed E-state index contributed by atoms with van der Waals surface area (Å²) < 4.78 is 5.20. The highest BCUT2D eigenvalue weighted by molar-refractivity contribution is 6.35. The van der Waals surface area contributed by atoms with E-state index < -0.39 is 0 Å². The zero-order valence-electron chi connectivity index (χ0n) is 5.77. The van der Waals surface area contributed by atoms with Crippen LogP contribution in [0.4, 0.5) is 0 Å². The predicted molar refractivity (Wildman–Crippen MR) is 35.6 cm³/mol. The van der Waals surface area contributed by atoms with Crippen LogP contribution < -0.4 is 5.64 Å². The van der Waals surface area contributed by atoms with E-state index in [4.69, 9.17) is 10.4 Å². The van der Waals surface area contributed by atoms with Crippen molar-refractivity contribution in [2.24, 2.45) is 5.64 Å². The van der Waals surface area contributed by atoms with Gasteiger partial charge in [-0.3, -0.25) is 0 Å². The molecule has 2 N–H and O–H groups in total. The normalized spacial score (nSPS) is 11.5. The molecule has 0 bridgehead atoms. The monoisotopic (exact) mass is 114 g/mol. The molecule has 0 unspecified atom stereocenters. The van der Waals surface area contributed by atoms with Crippen LogP contribution in [0.2, 0.25) is 0 Å². The molecule has 0 saturated carbocycles. The Bertz CT molecular complexity index is 65.4.